The molecule has 2 aromatic carbocycles. The largest absolute Gasteiger partial charge is 0.367 e. The van der Waals surface area contributed by atoms with E-state index in [4.69, 9.17) is 0 Å². The summed E-state index contributed by atoms with van der Waals surface area (Å²) in [5.41, 5.74) is 2.87. The molecule has 0 amide bonds. The minimum absolute atomic E-state index is 0.0573. The number of nitrogens with one attached hydrogen (secondary N) is 1. The first-order valence-electron chi connectivity index (χ1n) is 9.13. The van der Waals surface area contributed by atoms with Crippen LogP contribution < -0.4 is 15.8 Å². The Kier molecular flexibility index (Phi) is 5.55. The molecule has 0 unspecified atom stereocenters. The van der Waals surface area contributed by atoms with Gasteiger partial charge in [0, 0.05) is 31.9 Å². The van der Waals surface area contributed by atoms with Crippen molar-refractivity contribution in [3.63, 3.8) is 0 Å². The highest BCUT2D eigenvalue weighted by Gasteiger charge is 2.19. The Balaban J connectivity index is 1.72. The molecule has 5 nitrogen and oxygen atoms in total. The number of thioether (sulfide) groups is 1. The van der Waals surface area contributed by atoms with E-state index >= 15 is 0 Å². The van der Waals surface area contributed by atoms with Crippen molar-refractivity contribution < 1.29 is 0 Å². The maximum atomic E-state index is 13.3. The summed E-state index contributed by atoms with van der Waals surface area (Å²) in [5.74, 6) is 0.758. The van der Waals surface area contributed by atoms with Crippen LogP contribution in [0.3, 0.4) is 0 Å². The Bertz CT molecular complexity index is 937. The van der Waals surface area contributed by atoms with E-state index in [9.17, 15) is 4.79 Å². The minimum atomic E-state index is -0.0573. The molecule has 138 valence electrons. The Morgan fingerprint density at radius 3 is 2.33 bits per heavy atom. The fraction of sp³-hybridized carbons (Fsp3) is 0.238. The third-order valence-electron chi connectivity index (χ3n) is 4.60. The Morgan fingerprint density at radius 2 is 1.63 bits per heavy atom. The summed E-state index contributed by atoms with van der Waals surface area (Å²) in [6.07, 6.45) is 1.84. The maximum Gasteiger partial charge on any atom is 0.287 e. The molecule has 0 aliphatic carbocycles. The lowest BCUT2D eigenvalue weighted by atomic mass is 10.2. The van der Waals surface area contributed by atoms with Gasteiger partial charge in [-0.3, -0.25) is 4.79 Å². The van der Waals surface area contributed by atoms with Crippen LogP contribution in [-0.4, -0.2) is 36.0 Å². The molecule has 0 radical (unpaired) electrons. The number of hydrogen-bond donors (Lipinski definition) is 1. The van der Waals surface area contributed by atoms with Crippen molar-refractivity contribution in [2.24, 2.45) is 0 Å². The van der Waals surface area contributed by atoms with Gasteiger partial charge >= 0.3 is 0 Å². The number of nitrogens with zero attached hydrogens (tertiary/aromatic N) is 3. The standard InChI is InChI=1S/C21H22N4OS/c26-21-20(27-16-17-7-3-1-4-8-17)19(24-13-11-22-12-14-24)15-23-25(21)18-9-5-2-6-10-18/h1-10,15,22H,11-14,16H2. The lowest BCUT2D eigenvalue weighted by Crippen LogP contribution is -2.44. The predicted octanol–water partition coefficient (Wildman–Crippen LogP) is 2.93. The van der Waals surface area contributed by atoms with Gasteiger partial charge in [-0.1, -0.05) is 48.5 Å². The maximum absolute atomic E-state index is 13.3. The quantitative estimate of drug-likeness (QED) is 0.692. The van der Waals surface area contributed by atoms with E-state index in [0.717, 1.165) is 48.2 Å². The van der Waals surface area contributed by atoms with E-state index in [2.05, 4.69) is 27.4 Å². The summed E-state index contributed by atoms with van der Waals surface area (Å²) in [7, 11) is 0. The third-order valence-corrected chi connectivity index (χ3v) is 5.75. The van der Waals surface area contributed by atoms with Crippen molar-refractivity contribution in [3.05, 3.63) is 82.8 Å². The molecule has 0 bridgehead atoms. The third kappa shape index (κ3) is 4.07. The highest BCUT2D eigenvalue weighted by atomic mass is 32.2. The molecule has 1 N–H and O–H groups in total. The smallest absolute Gasteiger partial charge is 0.287 e. The van der Waals surface area contributed by atoms with Crippen LogP contribution in [0.15, 0.2) is 76.6 Å². The minimum Gasteiger partial charge on any atom is -0.367 e. The molecule has 1 fully saturated rings. The van der Waals surface area contributed by atoms with Crippen LogP contribution >= 0.6 is 11.8 Å². The molecule has 0 atom stereocenters. The summed E-state index contributed by atoms with van der Waals surface area (Å²) < 4.78 is 1.50. The van der Waals surface area contributed by atoms with Gasteiger partial charge in [0.25, 0.3) is 5.56 Å². The van der Waals surface area contributed by atoms with Crippen molar-refractivity contribution in [2.45, 2.75) is 10.6 Å². The fourth-order valence-corrected chi connectivity index (χ4v) is 4.22. The zero-order chi connectivity index (χ0) is 18.5. The van der Waals surface area contributed by atoms with E-state index in [1.165, 1.54) is 10.2 Å². The number of aromatic nitrogens is 2. The molecule has 1 aliphatic heterocycles. The second-order valence-corrected chi connectivity index (χ2v) is 7.41. The van der Waals surface area contributed by atoms with Gasteiger partial charge in [0.15, 0.2) is 0 Å². The van der Waals surface area contributed by atoms with Crippen LogP contribution in [0, 0.1) is 0 Å². The number of rotatable bonds is 5. The molecule has 4 rings (SSSR count). The van der Waals surface area contributed by atoms with Crippen LogP contribution in [0.4, 0.5) is 5.69 Å². The number of hydrogen-bond acceptors (Lipinski definition) is 5. The number of para-hydroxylation sites is 1. The number of anilines is 1. The highest BCUT2D eigenvalue weighted by molar-refractivity contribution is 7.98. The van der Waals surface area contributed by atoms with Gasteiger partial charge in [-0.2, -0.15) is 9.78 Å². The molecule has 1 aliphatic rings. The average Bonchev–Trinajstić information content (AvgIpc) is 2.74. The first kappa shape index (κ1) is 17.8. The van der Waals surface area contributed by atoms with Crippen molar-refractivity contribution >= 4 is 17.4 Å². The van der Waals surface area contributed by atoms with E-state index in [1.54, 1.807) is 11.8 Å². The Morgan fingerprint density at radius 1 is 0.963 bits per heavy atom. The lowest BCUT2D eigenvalue weighted by molar-refractivity contribution is 0.583. The molecule has 0 spiro atoms. The van der Waals surface area contributed by atoms with Gasteiger partial charge in [-0.15, -0.1) is 11.8 Å². The van der Waals surface area contributed by atoms with Crippen LogP contribution in [0.1, 0.15) is 5.56 Å². The summed E-state index contributed by atoms with van der Waals surface area (Å²) in [4.78, 5) is 16.3. The topological polar surface area (TPSA) is 50.2 Å². The monoisotopic (exact) mass is 378 g/mol. The SMILES string of the molecule is O=c1c(SCc2ccccc2)c(N2CCNCC2)cnn1-c1ccccc1. The first-order valence-corrected chi connectivity index (χ1v) is 10.1. The molecule has 3 aromatic rings. The van der Waals surface area contributed by atoms with Crippen molar-refractivity contribution in [1.82, 2.24) is 15.1 Å². The molecule has 1 aromatic heterocycles. The molecule has 0 saturated carbocycles. The van der Waals surface area contributed by atoms with Gasteiger partial charge < -0.3 is 10.2 Å². The van der Waals surface area contributed by atoms with Gasteiger partial charge in [-0.25, -0.2) is 0 Å². The summed E-state index contributed by atoms with van der Waals surface area (Å²) in [6, 6.07) is 19.8. The number of benzene rings is 2. The summed E-state index contributed by atoms with van der Waals surface area (Å²) in [5, 5.41) is 7.83. The van der Waals surface area contributed by atoms with E-state index in [0.29, 0.717) is 0 Å². The van der Waals surface area contributed by atoms with Crippen LogP contribution in [-0.2, 0) is 5.75 Å². The Labute approximate surface area is 163 Å². The van der Waals surface area contributed by atoms with E-state index in [1.807, 2.05) is 54.7 Å². The molecule has 27 heavy (non-hydrogen) atoms. The Hall–Kier alpha value is -2.57. The summed E-state index contributed by atoms with van der Waals surface area (Å²) >= 11 is 1.59. The van der Waals surface area contributed by atoms with Crippen LogP contribution in [0.2, 0.25) is 0 Å². The van der Waals surface area contributed by atoms with Crippen LogP contribution in [0.5, 0.6) is 0 Å². The van der Waals surface area contributed by atoms with E-state index in [-0.39, 0.29) is 5.56 Å². The van der Waals surface area contributed by atoms with Crippen LogP contribution in [0.25, 0.3) is 5.69 Å². The average molecular weight is 379 g/mol. The van der Waals surface area contributed by atoms with Gasteiger partial charge in [-0.05, 0) is 17.7 Å². The normalized spacial score (nSPS) is 14.3. The van der Waals surface area contributed by atoms with Gasteiger partial charge in [0.2, 0.25) is 0 Å². The molecule has 2 heterocycles. The van der Waals surface area contributed by atoms with Gasteiger partial charge in [0.1, 0.15) is 4.90 Å². The second kappa shape index (κ2) is 8.41. The van der Waals surface area contributed by atoms with Crippen molar-refractivity contribution in [2.75, 3.05) is 31.1 Å². The lowest BCUT2D eigenvalue weighted by Gasteiger charge is -2.30. The second-order valence-electron chi connectivity index (χ2n) is 6.42. The number of piperazine rings is 1. The summed E-state index contributed by atoms with van der Waals surface area (Å²) in [6.45, 7) is 3.61. The highest BCUT2D eigenvalue weighted by Crippen LogP contribution is 2.29. The fourth-order valence-electron chi connectivity index (χ4n) is 3.18. The molecular formula is C21H22N4OS. The van der Waals surface area contributed by atoms with E-state index < -0.39 is 0 Å². The first-order chi connectivity index (χ1) is 13.3. The zero-order valence-corrected chi connectivity index (χ0v) is 15.9. The molecular weight excluding hydrogens is 356 g/mol. The van der Waals surface area contributed by atoms with Crippen molar-refractivity contribution in [1.29, 1.82) is 0 Å². The predicted molar refractivity (Wildman–Crippen MR) is 111 cm³/mol. The molecule has 6 heteroatoms. The van der Waals surface area contributed by atoms with Gasteiger partial charge in [0.05, 0.1) is 17.6 Å². The molecule has 1 saturated heterocycles. The van der Waals surface area contributed by atoms with Crippen molar-refractivity contribution in [3.8, 4) is 5.69 Å². The zero-order valence-electron chi connectivity index (χ0n) is 15.0.